The van der Waals surface area contributed by atoms with Crippen molar-refractivity contribution in [3.63, 3.8) is 0 Å². The van der Waals surface area contributed by atoms with Crippen LogP contribution in [0, 0.1) is 0 Å². The summed E-state index contributed by atoms with van der Waals surface area (Å²) in [5.41, 5.74) is 1.00. The van der Waals surface area contributed by atoms with Crippen molar-refractivity contribution in [2.24, 2.45) is 0 Å². The second kappa shape index (κ2) is 5.92. The largest absolute Gasteiger partial charge is 0.494 e. The summed E-state index contributed by atoms with van der Waals surface area (Å²) in [4.78, 5) is 8.58. The summed E-state index contributed by atoms with van der Waals surface area (Å²) in [5.74, 6) is 0.897. The second-order valence-corrected chi connectivity index (χ2v) is 5.34. The Bertz CT molecular complexity index is 678. The molecule has 2 aromatic heterocycles. The Morgan fingerprint density at radius 1 is 1.40 bits per heavy atom. The van der Waals surface area contributed by atoms with Crippen LogP contribution < -0.4 is 10.1 Å². The van der Waals surface area contributed by atoms with Crippen LogP contribution in [-0.2, 0) is 6.54 Å². The van der Waals surface area contributed by atoms with Gasteiger partial charge in [-0.25, -0.2) is 9.97 Å². The normalized spacial score (nSPS) is 10.8. The van der Waals surface area contributed by atoms with Gasteiger partial charge in [0.05, 0.1) is 23.2 Å². The molecule has 2 heterocycles. The van der Waals surface area contributed by atoms with Gasteiger partial charge in [0.15, 0.2) is 5.13 Å². The first-order valence-electron chi connectivity index (χ1n) is 6.58. The fourth-order valence-corrected chi connectivity index (χ4v) is 2.87. The quantitative estimate of drug-likeness (QED) is 0.757. The molecule has 0 atom stereocenters. The number of thiazole rings is 1. The molecule has 3 rings (SSSR count). The average molecular weight is 288 g/mol. The van der Waals surface area contributed by atoms with Gasteiger partial charge in [-0.15, -0.1) is 0 Å². The molecule has 1 N–H and O–H groups in total. The van der Waals surface area contributed by atoms with Gasteiger partial charge in [0.2, 0.25) is 0 Å². The van der Waals surface area contributed by atoms with Crippen molar-refractivity contribution in [3.05, 3.63) is 36.9 Å². The van der Waals surface area contributed by atoms with Crippen LogP contribution in [0.25, 0.3) is 10.2 Å². The number of hydrogen-bond donors (Lipinski definition) is 1. The van der Waals surface area contributed by atoms with Crippen LogP contribution in [0.5, 0.6) is 5.75 Å². The number of benzene rings is 1. The highest BCUT2D eigenvalue weighted by atomic mass is 32.1. The van der Waals surface area contributed by atoms with E-state index in [9.17, 15) is 0 Å². The second-order valence-electron chi connectivity index (χ2n) is 4.31. The molecule has 104 valence electrons. The number of nitrogens with one attached hydrogen (secondary N) is 1. The van der Waals surface area contributed by atoms with E-state index in [-0.39, 0.29) is 0 Å². The highest BCUT2D eigenvalue weighted by Crippen LogP contribution is 2.29. The van der Waals surface area contributed by atoms with Gasteiger partial charge in [0.25, 0.3) is 0 Å². The predicted octanol–water partition coefficient (Wildman–Crippen LogP) is 3.00. The van der Waals surface area contributed by atoms with Crippen LogP contribution in [0.2, 0.25) is 0 Å². The van der Waals surface area contributed by atoms with Gasteiger partial charge < -0.3 is 14.6 Å². The van der Waals surface area contributed by atoms with Gasteiger partial charge in [-0.1, -0.05) is 11.3 Å². The number of imidazole rings is 1. The van der Waals surface area contributed by atoms with Crippen LogP contribution in [0.3, 0.4) is 0 Å². The molecular weight excluding hydrogens is 272 g/mol. The highest BCUT2D eigenvalue weighted by molar-refractivity contribution is 7.22. The van der Waals surface area contributed by atoms with E-state index in [2.05, 4.69) is 15.3 Å². The number of ether oxygens (including phenoxy) is 1. The topological polar surface area (TPSA) is 52.0 Å². The molecule has 20 heavy (non-hydrogen) atoms. The smallest absolute Gasteiger partial charge is 0.183 e. The molecule has 0 aliphatic carbocycles. The lowest BCUT2D eigenvalue weighted by Crippen LogP contribution is -2.08. The monoisotopic (exact) mass is 288 g/mol. The lowest BCUT2D eigenvalue weighted by atomic mass is 10.3. The molecule has 0 spiro atoms. The molecule has 0 fully saturated rings. The highest BCUT2D eigenvalue weighted by Gasteiger charge is 2.04. The summed E-state index contributed by atoms with van der Waals surface area (Å²) in [6.45, 7) is 4.37. The van der Waals surface area contributed by atoms with Gasteiger partial charge >= 0.3 is 0 Å². The van der Waals surface area contributed by atoms with Gasteiger partial charge in [0.1, 0.15) is 5.75 Å². The van der Waals surface area contributed by atoms with Crippen molar-refractivity contribution >= 4 is 26.7 Å². The zero-order chi connectivity index (χ0) is 13.8. The summed E-state index contributed by atoms with van der Waals surface area (Å²) < 4.78 is 8.68. The molecule has 5 nitrogen and oxygen atoms in total. The molecule has 0 saturated heterocycles. The minimum absolute atomic E-state index is 0.681. The molecule has 0 aliphatic rings. The third-order valence-electron chi connectivity index (χ3n) is 2.88. The van der Waals surface area contributed by atoms with Gasteiger partial charge in [-0.05, 0) is 25.1 Å². The molecule has 3 aromatic rings. The number of fused-ring (bicyclic) bond motifs is 1. The zero-order valence-electron chi connectivity index (χ0n) is 11.2. The third-order valence-corrected chi connectivity index (χ3v) is 3.85. The molecule has 1 aromatic carbocycles. The summed E-state index contributed by atoms with van der Waals surface area (Å²) >= 11 is 1.65. The molecule has 6 heteroatoms. The lowest BCUT2D eigenvalue weighted by molar-refractivity contribution is 0.341. The Morgan fingerprint density at radius 3 is 3.15 bits per heavy atom. The summed E-state index contributed by atoms with van der Waals surface area (Å²) in [5, 5.41) is 4.28. The van der Waals surface area contributed by atoms with E-state index >= 15 is 0 Å². The Morgan fingerprint density at radius 2 is 2.35 bits per heavy atom. The summed E-state index contributed by atoms with van der Waals surface area (Å²) in [6, 6.07) is 6.00. The van der Waals surface area contributed by atoms with Gasteiger partial charge in [0, 0.05) is 25.5 Å². The van der Waals surface area contributed by atoms with Gasteiger partial charge in [-0.3, -0.25) is 0 Å². The number of aromatic nitrogens is 3. The van der Waals surface area contributed by atoms with Crippen molar-refractivity contribution < 1.29 is 4.74 Å². The maximum absolute atomic E-state index is 5.50. The first kappa shape index (κ1) is 12.9. The number of nitrogens with zero attached hydrogens (tertiary/aromatic N) is 3. The van der Waals surface area contributed by atoms with Crippen LogP contribution in [0.4, 0.5) is 5.13 Å². The van der Waals surface area contributed by atoms with Crippen molar-refractivity contribution in [2.75, 3.05) is 18.5 Å². The standard InChI is InChI=1S/C14H16N4OS/c1-2-19-11-3-4-12-13(9-11)20-14(17-12)16-6-8-18-7-5-15-10-18/h3-5,7,9-10H,2,6,8H2,1H3,(H,16,17). The van der Waals surface area contributed by atoms with Crippen molar-refractivity contribution in [1.29, 1.82) is 0 Å². The SMILES string of the molecule is CCOc1ccc2nc(NCCn3ccnc3)sc2c1. The Hall–Kier alpha value is -2.08. The van der Waals surface area contributed by atoms with Crippen LogP contribution in [0.1, 0.15) is 6.92 Å². The minimum atomic E-state index is 0.681. The number of rotatable bonds is 6. The van der Waals surface area contributed by atoms with E-state index in [1.807, 2.05) is 42.2 Å². The third kappa shape index (κ3) is 2.91. The van der Waals surface area contributed by atoms with Crippen molar-refractivity contribution in [1.82, 2.24) is 14.5 Å². The Kier molecular flexibility index (Phi) is 3.83. The first-order valence-corrected chi connectivity index (χ1v) is 7.40. The molecule has 0 bridgehead atoms. The number of anilines is 1. The summed E-state index contributed by atoms with van der Waals surface area (Å²) in [6.07, 6.45) is 5.55. The van der Waals surface area contributed by atoms with Crippen LogP contribution in [0.15, 0.2) is 36.9 Å². The van der Waals surface area contributed by atoms with E-state index < -0.39 is 0 Å². The van der Waals surface area contributed by atoms with E-state index in [4.69, 9.17) is 4.74 Å². The van der Waals surface area contributed by atoms with E-state index in [1.165, 1.54) is 0 Å². The van der Waals surface area contributed by atoms with Crippen molar-refractivity contribution in [2.45, 2.75) is 13.5 Å². The minimum Gasteiger partial charge on any atom is -0.494 e. The Labute approximate surface area is 121 Å². The first-order chi connectivity index (χ1) is 9.85. The van der Waals surface area contributed by atoms with E-state index in [0.29, 0.717) is 6.61 Å². The molecule has 0 radical (unpaired) electrons. The van der Waals surface area contributed by atoms with Crippen molar-refractivity contribution in [3.8, 4) is 5.75 Å². The molecule has 0 amide bonds. The van der Waals surface area contributed by atoms with E-state index in [0.717, 1.165) is 34.2 Å². The molecule has 0 aliphatic heterocycles. The molecule has 0 unspecified atom stereocenters. The fourth-order valence-electron chi connectivity index (χ4n) is 1.95. The van der Waals surface area contributed by atoms with Crippen LogP contribution >= 0.6 is 11.3 Å². The summed E-state index contributed by atoms with van der Waals surface area (Å²) in [7, 11) is 0. The molecular formula is C14H16N4OS. The maximum Gasteiger partial charge on any atom is 0.183 e. The average Bonchev–Trinajstić information content (AvgIpc) is 3.07. The number of hydrogen-bond acceptors (Lipinski definition) is 5. The fraction of sp³-hybridized carbons (Fsp3) is 0.286. The lowest BCUT2D eigenvalue weighted by Gasteiger charge is -2.02. The zero-order valence-corrected chi connectivity index (χ0v) is 12.1. The maximum atomic E-state index is 5.50. The van der Waals surface area contributed by atoms with E-state index in [1.54, 1.807) is 17.5 Å². The predicted molar refractivity (Wildman–Crippen MR) is 81.5 cm³/mol. The Balaban J connectivity index is 1.66. The molecule has 0 saturated carbocycles. The van der Waals surface area contributed by atoms with Gasteiger partial charge in [-0.2, -0.15) is 0 Å². The van der Waals surface area contributed by atoms with Crippen LogP contribution in [-0.4, -0.2) is 27.7 Å².